The van der Waals surface area contributed by atoms with Gasteiger partial charge in [-0.15, -0.1) is 0 Å². The second-order valence-corrected chi connectivity index (χ2v) is 7.54. The van der Waals surface area contributed by atoms with Gasteiger partial charge in [-0.05, 0) is 68.4 Å². The predicted molar refractivity (Wildman–Crippen MR) is 74.4 cm³/mol. The minimum Gasteiger partial charge on any atom is -0.306 e. The largest absolute Gasteiger partial charge is 0.306 e. The molecule has 5 rings (SSSR count). The van der Waals surface area contributed by atoms with Crippen molar-refractivity contribution in [2.45, 2.75) is 26.2 Å². The molecule has 3 aliphatic carbocycles. The number of hydrogen-bond acceptors (Lipinski definition) is 2. The van der Waals surface area contributed by atoms with E-state index in [1.165, 1.54) is 39.1 Å². The van der Waals surface area contributed by atoms with Gasteiger partial charge in [-0.2, -0.15) is 0 Å². The first kappa shape index (κ1) is 11.7. The van der Waals surface area contributed by atoms with Crippen molar-refractivity contribution >= 4 is 0 Å². The molecule has 2 nitrogen and oxygen atoms in total. The zero-order valence-corrected chi connectivity index (χ0v) is 12.0. The molecule has 0 spiro atoms. The summed E-state index contributed by atoms with van der Waals surface area (Å²) in [5.41, 5.74) is 0. The Labute approximate surface area is 112 Å². The van der Waals surface area contributed by atoms with Gasteiger partial charge in [-0.1, -0.05) is 6.92 Å². The first-order valence-electron chi connectivity index (χ1n) is 8.18. The second-order valence-electron chi connectivity index (χ2n) is 7.54. The molecule has 5 aliphatic rings. The second kappa shape index (κ2) is 4.21. The summed E-state index contributed by atoms with van der Waals surface area (Å²) in [5.74, 6) is 6.44. The number of hydrogen-bond donors (Lipinski definition) is 0. The number of rotatable bonds is 2. The van der Waals surface area contributed by atoms with E-state index in [9.17, 15) is 0 Å². The van der Waals surface area contributed by atoms with E-state index in [4.69, 9.17) is 0 Å². The van der Waals surface area contributed by atoms with E-state index in [1.54, 1.807) is 12.8 Å². The maximum absolute atomic E-state index is 2.78. The maximum Gasteiger partial charge on any atom is 0.00158 e. The van der Waals surface area contributed by atoms with Gasteiger partial charge >= 0.3 is 0 Å². The summed E-state index contributed by atoms with van der Waals surface area (Å²) >= 11 is 0. The van der Waals surface area contributed by atoms with Crippen LogP contribution < -0.4 is 0 Å². The highest BCUT2D eigenvalue weighted by atomic mass is 15.2. The summed E-state index contributed by atoms with van der Waals surface area (Å²) in [6.45, 7) is 9.37. The molecule has 2 aliphatic heterocycles. The Bertz CT molecular complexity index is 301. The SMILES string of the molecule is CCCN1CC2C3CCC(C4CN(C)CC34)C2C1. The average Bonchev–Trinajstić information content (AvgIpc) is 2.92. The van der Waals surface area contributed by atoms with Gasteiger partial charge in [-0.3, -0.25) is 0 Å². The minimum absolute atomic E-state index is 1.07. The van der Waals surface area contributed by atoms with Gasteiger partial charge in [0.1, 0.15) is 0 Å². The van der Waals surface area contributed by atoms with E-state index >= 15 is 0 Å². The Morgan fingerprint density at radius 1 is 0.778 bits per heavy atom. The van der Waals surface area contributed by atoms with E-state index < -0.39 is 0 Å². The molecule has 6 atom stereocenters. The summed E-state index contributed by atoms with van der Waals surface area (Å²) in [4.78, 5) is 5.40. The maximum atomic E-state index is 2.78. The molecule has 0 amide bonds. The van der Waals surface area contributed by atoms with Crippen LogP contribution in [0.5, 0.6) is 0 Å². The molecule has 18 heavy (non-hydrogen) atoms. The number of likely N-dealkylation sites (tertiary alicyclic amines) is 2. The fraction of sp³-hybridized carbons (Fsp3) is 1.00. The van der Waals surface area contributed by atoms with Crippen molar-refractivity contribution < 1.29 is 0 Å². The molecule has 0 N–H and O–H groups in total. The lowest BCUT2D eigenvalue weighted by Crippen LogP contribution is -2.49. The van der Waals surface area contributed by atoms with Crippen molar-refractivity contribution in [2.75, 3.05) is 39.8 Å². The van der Waals surface area contributed by atoms with Crippen molar-refractivity contribution in [3.63, 3.8) is 0 Å². The van der Waals surface area contributed by atoms with E-state index in [-0.39, 0.29) is 0 Å². The van der Waals surface area contributed by atoms with Crippen LogP contribution in [0.4, 0.5) is 0 Å². The van der Waals surface area contributed by atoms with Crippen molar-refractivity contribution in [1.29, 1.82) is 0 Å². The first-order valence-corrected chi connectivity index (χ1v) is 8.18. The van der Waals surface area contributed by atoms with E-state index in [0.29, 0.717) is 0 Å². The van der Waals surface area contributed by atoms with Crippen LogP contribution in [-0.2, 0) is 0 Å². The van der Waals surface area contributed by atoms with Gasteiger partial charge < -0.3 is 9.80 Å². The average molecular weight is 248 g/mol. The summed E-state index contributed by atoms with van der Waals surface area (Å²) in [6, 6.07) is 0. The van der Waals surface area contributed by atoms with Gasteiger partial charge in [0.25, 0.3) is 0 Å². The van der Waals surface area contributed by atoms with Crippen molar-refractivity contribution in [1.82, 2.24) is 9.80 Å². The third kappa shape index (κ3) is 1.54. The Balaban J connectivity index is 1.57. The molecule has 2 heterocycles. The van der Waals surface area contributed by atoms with Crippen LogP contribution in [0.2, 0.25) is 0 Å². The van der Waals surface area contributed by atoms with Crippen LogP contribution in [0.15, 0.2) is 0 Å². The molecule has 0 radical (unpaired) electrons. The van der Waals surface area contributed by atoms with Gasteiger partial charge in [0.2, 0.25) is 0 Å². The molecule has 2 bridgehead atoms. The molecule has 3 saturated carbocycles. The topological polar surface area (TPSA) is 6.48 Å². The summed E-state index contributed by atoms with van der Waals surface area (Å²) in [7, 11) is 2.34. The smallest absolute Gasteiger partial charge is 0.00158 e. The number of fused-ring (bicyclic) bond motifs is 1. The molecule has 102 valence electrons. The van der Waals surface area contributed by atoms with Crippen LogP contribution in [-0.4, -0.2) is 49.6 Å². The third-order valence-corrected chi connectivity index (χ3v) is 6.66. The Morgan fingerprint density at radius 2 is 1.28 bits per heavy atom. The van der Waals surface area contributed by atoms with Crippen molar-refractivity contribution in [2.24, 2.45) is 35.5 Å². The monoisotopic (exact) mass is 248 g/mol. The lowest BCUT2D eigenvalue weighted by atomic mass is 9.52. The molecular weight excluding hydrogens is 220 g/mol. The lowest BCUT2D eigenvalue weighted by molar-refractivity contribution is -0.0289. The molecule has 2 saturated heterocycles. The summed E-state index contributed by atoms with van der Waals surface area (Å²) in [6.07, 6.45) is 4.45. The molecular formula is C16H28N2. The normalized spacial score (nSPS) is 51.7. The van der Waals surface area contributed by atoms with Crippen molar-refractivity contribution in [3.8, 4) is 0 Å². The highest BCUT2D eigenvalue weighted by Crippen LogP contribution is 2.58. The van der Waals surface area contributed by atoms with Gasteiger partial charge in [0.05, 0.1) is 0 Å². The molecule has 0 aromatic carbocycles. The van der Waals surface area contributed by atoms with Crippen LogP contribution in [0.25, 0.3) is 0 Å². The van der Waals surface area contributed by atoms with Crippen LogP contribution >= 0.6 is 0 Å². The van der Waals surface area contributed by atoms with Gasteiger partial charge in [0.15, 0.2) is 0 Å². The highest BCUT2D eigenvalue weighted by Gasteiger charge is 2.57. The molecule has 6 unspecified atom stereocenters. The predicted octanol–water partition coefficient (Wildman–Crippen LogP) is 2.16. The Hall–Kier alpha value is -0.0800. The van der Waals surface area contributed by atoms with Gasteiger partial charge in [0, 0.05) is 26.2 Å². The minimum atomic E-state index is 1.07. The van der Waals surface area contributed by atoms with E-state index in [1.807, 2.05) is 0 Å². The fourth-order valence-electron chi connectivity index (χ4n) is 6.19. The Kier molecular flexibility index (Phi) is 2.74. The molecule has 2 heteroatoms. The number of nitrogens with zero attached hydrogens (tertiary/aromatic N) is 2. The lowest BCUT2D eigenvalue weighted by Gasteiger charge is -2.52. The first-order chi connectivity index (χ1) is 8.78. The molecule has 0 aromatic heterocycles. The Morgan fingerprint density at radius 3 is 1.78 bits per heavy atom. The van der Waals surface area contributed by atoms with Crippen LogP contribution in [0.1, 0.15) is 26.2 Å². The fourth-order valence-corrected chi connectivity index (χ4v) is 6.19. The van der Waals surface area contributed by atoms with Crippen LogP contribution in [0, 0.1) is 35.5 Å². The van der Waals surface area contributed by atoms with E-state index in [2.05, 4.69) is 23.8 Å². The molecule has 5 fully saturated rings. The van der Waals surface area contributed by atoms with E-state index in [0.717, 1.165) is 35.5 Å². The third-order valence-electron chi connectivity index (χ3n) is 6.66. The van der Waals surface area contributed by atoms with Crippen molar-refractivity contribution in [3.05, 3.63) is 0 Å². The summed E-state index contributed by atoms with van der Waals surface area (Å²) in [5, 5.41) is 0. The highest BCUT2D eigenvalue weighted by molar-refractivity contribution is 5.08. The summed E-state index contributed by atoms with van der Waals surface area (Å²) < 4.78 is 0. The zero-order chi connectivity index (χ0) is 12.3. The quantitative estimate of drug-likeness (QED) is 0.739. The van der Waals surface area contributed by atoms with Gasteiger partial charge in [-0.25, -0.2) is 0 Å². The molecule has 0 aromatic rings. The standard InChI is InChI=1S/C16H28N2/c1-3-6-18-9-15-11-4-5-12(16(15)10-18)14-8-17(2)7-13(11)14/h11-16H,3-10H2,1-2H3. The zero-order valence-electron chi connectivity index (χ0n) is 12.0. The van der Waals surface area contributed by atoms with Crippen LogP contribution in [0.3, 0.4) is 0 Å².